The summed E-state index contributed by atoms with van der Waals surface area (Å²) in [5, 5.41) is 9.54. The summed E-state index contributed by atoms with van der Waals surface area (Å²) in [7, 11) is 0. The van der Waals surface area contributed by atoms with Crippen molar-refractivity contribution >= 4 is 17.6 Å². The molecular weight excluding hydrogens is 306 g/mol. The van der Waals surface area contributed by atoms with E-state index in [9.17, 15) is 14.7 Å². The molecule has 1 rings (SSSR count). The fraction of sp³-hybridized carbons (Fsp3) is 0.368. The number of hydrogen-bond acceptors (Lipinski definition) is 3. The molecule has 0 saturated carbocycles. The molecule has 1 aromatic rings. The van der Waals surface area contributed by atoms with E-state index in [0.29, 0.717) is 0 Å². The van der Waals surface area contributed by atoms with E-state index in [1.54, 1.807) is 6.92 Å². The summed E-state index contributed by atoms with van der Waals surface area (Å²) in [6.07, 6.45) is -1.07. The van der Waals surface area contributed by atoms with Crippen molar-refractivity contribution in [2.45, 2.75) is 33.2 Å². The maximum atomic E-state index is 11.7. The molecule has 130 valence electrons. The Kier molecular flexibility index (Phi) is 6.35. The Hall–Kier alpha value is -2.56. The molecule has 0 saturated heterocycles. The maximum absolute atomic E-state index is 11.7. The molecule has 24 heavy (non-hydrogen) atoms. The second-order valence-corrected chi connectivity index (χ2v) is 6.27. The van der Waals surface area contributed by atoms with Crippen molar-refractivity contribution in [3.63, 3.8) is 0 Å². The zero-order valence-corrected chi connectivity index (χ0v) is 14.8. The van der Waals surface area contributed by atoms with Gasteiger partial charge in [0.2, 0.25) is 0 Å². The highest BCUT2D eigenvalue weighted by molar-refractivity contribution is 5.86. The Labute approximate surface area is 143 Å². The van der Waals surface area contributed by atoms with Crippen molar-refractivity contribution in [2.75, 3.05) is 13.2 Å². The summed E-state index contributed by atoms with van der Waals surface area (Å²) in [5.74, 6) is -0.524. The first-order valence-electron chi connectivity index (χ1n) is 7.67. The molecule has 1 aromatic carbocycles. The van der Waals surface area contributed by atoms with E-state index in [-0.39, 0.29) is 18.7 Å². The van der Waals surface area contributed by atoms with E-state index in [1.165, 1.54) is 4.90 Å². The molecule has 0 aliphatic rings. The van der Waals surface area contributed by atoms with Crippen LogP contribution in [0.4, 0.5) is 4.79 Å². The van der Waals surface area contributed by atoms with Crippen LogP contribution in [0, 0.1) is 0 Å². The van der Waals surface area contributed by atoms with Crippen LogP contribution in [0.5, 0.6) is 0 Å². The van der Waals surface area contributed by atoms with Crippen LogP contribution in [0.2, 0.25) is 0 Å². The molecule has 1 N–H and O–H groups in total. The number of hydrogen-bond donors (Lipinski definition) is 1. The van der Waals surface area contributed by atoms with Crippen molar-refractivity contribution in [3.8, 4) is 0 Å². The van der Waals surface area contributed by atoms with Crippen LogP contribution >= 0.6 is 0 Å². The molecule has 0 bridgehead atoms. The van der Waals surface area contributed by atoms with Crippen LogP contribution in [0.3, 0.4) is 0 Å². The van der Waals surface area contributed by atoms with Crippen LogP contribution < -0.4 is 0 Å². The van der Waals surface area contributed by atoms with Crippen molar-refractivity contribution in [2.24, 2.45) is 0 Å². The lowest BCUT2D eigenvalue weighted by Gasteiger charge is -2.37. The number of carbonyl (C=O) groups is 2. The van der Waals surface area contributed by atoms with Crippen molar-refractivity contribution in [3.05, 3.63) is 54.1 Å². The smallest absolute Gasteiger partial charge is 0.408 e. The number of allylic oxidation sites excluding steroid dienone is 1. The zero-order chi connectivity index (χ0) is 18.5. The third-order valence-corrected chi connectivity index (χ3v) is 3.89. The normalized spacial score (nSPS) is 10.8. The van der Waals surface area contributed by atoms with Gasteiger partial charge in [-0.2, -0.15) is 0 Å². The number of rotatable bonds is 7. The summed E-state index contributed by atoms with van der Waals surface area (Å²) in [6.45, 7) is 14.5. The monoisotopic (exact) mass is 331 g/mol. The standard InChI is InChI=1S/C19H25NO4/c1-13(2)15-7-9-16(10-8-15)19(5,6)20(18(22)23)11-12-24-17(21)14(3)4/h7-10H,1,3,11-12H2,2,4-6H3,(H,22,23). The third-order valence-electron chi connectivity index (χ3n) is 3.89. The lowest BCUT2D eigenvalue weighted by Crippen LogP contribution is -2.46. The van der Waals surface area contributed by atoms with Gasteiger partial charge in [-0.1, -0.05) is 43.0 Å². The minimum absolute atomic E-state index is 0.0225. The number of esters is 1. The molecule has 0 radical (unpaired) electrons. The van der Waals surface area contributed by atoms with Crippen LogP contribution in [0.15, 0.2) is 43.0 Å². The SMILES string of the molecule is C=C(C)C(=O)OCCN(C(=O)O)C(C)(C)c1ccc(C(=C)C)cc1. The molecule has 1 amide bonds. The molecule has 0 atom stereocenters. The van der Waals surface area contributed by atoms with E-state index >= 15 is 0 Å². The van der Waals surface area contributed by atoms with Gasteiger partial charge < -0.3 is 9.84 Å². The van der Waals surface area contributed by atoms with E-state index in [4.69, 9.17) is 4.74 Å². The largest absolute Gasteiger partial charge is 0.465 e. The first-order valence-corrected chi connectivity index (χ1v) is 7.67. The van der Waals surface area contributed by atoms with Gasteiger partial charge >= 0.3 is 12.1 Å². The number of nitrogens with zero attached hydrogens (tertiary/aromatic N) is 1. The zero-order valence-electron chi connectivity index (χ0n) is 14.8. The number of benzene rings is 1. The number of amides is 1. The summed E-state index contributed by atoms with van der Waals surface area (Å²) < 4.78 is 5.01. The summed E-state index contributed by atoms with van der Waals surface area (Å²) in [4.78, 5) is 24.3. The quantitative estimate of drug-likeness (QED) is 0.604. The summed E-state index contributed by atoms with van der Waals surface area (Å²) >= 11 is 0. The topological polar surface area (TPSA) is 66.8 Å². The maximum Gasteiger partial charge on any atom is 0.408 e. The summed E-state index contributed by atoms with van der Waals surface area (Å²) in [6, 6.07) is 7.61. The Morgan fingerprint density at radius 2 is 1.71 bits per heavy atom. The molecule has 0 heterocycles. The van der Waals surface area contributed by atoms with Crippen molar-refractivity contribution in [1.82, 2.24) is 4.90 Å². The van der Waals surface area contributed by atoms with Gasteiger partial charge in [0.05, 0.1) is 12.1 Å². The van der Waals surface area contributed by atoms with E-state index in [1.807, 2.05) is 45.0 Å². The van der Waals surface area contributed by atoms with Crippen LogP contribution in [-0.2, 0) is 15.1 Å². The molecule has 0 aliphatic heterocycles. The fourth-order valence-corrected chi connectivity index (χ4v) is 2.29. The first-order chi connectivity index (χ1) is 11.1. The average molecular weight is 331 g/mol. The number of ether oxygens (including phenoxy) is 1. The van der Waals surface area contributed by atoms with Gasteiger partial charge in [-0.25, -0.2) is 9.59 Å². The molecule has 0 aliphatic carbocycles. The van der Waals surface area contributed by atoms with Gasteiger partial charge in [0.15, 0.2) is 0 Å². The van der Waals surface area contributed by atoms with Gasteiger partial charge in [-0.05, 0) is 38.8 Å². The predicted molar refractivity (Wildman–Crippen MR) is 94.7 cm³/mol. The Bertz CT molecular complexity index is 644. The highest BCUT2D eigenvalue weighted by atomic mass is 16.5. The summed E-state index contributed by atoms with van der Waals surface area (Å²) in [5.41, 5.74) is 2.32. The van der Waals surface area contributed by atoms with Gasteiger partial charge in [0, 0.05) is 5.57 Å². The third kappa shape index (κ3) is 4.72. The molecule has 5 heteroatoms. The highest BCUT2D eigenvalue weighted by Gasteiger charge is 2.32. The minimum atomic E-state index is -1.07. The van der Waals surface area contributed by atoms with E-state index in [2.05, 4.69) is 13.2 Å². The molecule has 0 spiro atoms. The second kappa shape index (κ2) is 7.81. The second-order valence-electron chi connectivity index (χ2n) is 6.27. The highest BCUT2D eigenvalue weighted by Crippen LogP contribution is 2.29. The van der Waals surface area contributed by atoms with Gasteiger partial charge in [0.1, 0.15) is 6.61 Å². The van der Waals surface area contributed by atoms with Crippen LogP contribution in [-0.4, -0.2) is 35.2 Å². The molecule has 0 aromatic heterocycles. The van der Waals surface area contributed by atoms with Gasteiger partial charge in [-0.3, -0.25) is 4.90 Å². The first kappa shape index (κ1) is 19.5. The average Bonchev–Trinajstić information content (AvgIpc) is 2.50. The number of carboxylic acid groups (broad SMARTS) is 1. The van der Waals surface area contributed by atoms with E-state index in [0.717, 1.165) is 16.7 Å². The fourth-order valence-electron chi connectivity index (χ4n) is 2.29. The molecular formula is C19H25NO4. The lowest BCUT2D eigenvalue weighted by molar-refractivity contribution is -0.139. The Balaban J connectivity index is 2.92. The van der Waals surface area contributed by atoms with Gasteiger partial charge in [-0.15, -0.1) is 0 Å². The molecule has 0 fully saturated rings. The Morgan fingerprint density at radius 3 is 2.12 bits per heavy atom. The molecule has 5 nitrogen and oxygen atoms in total. The predicted octanol–water partition coefficient (Wildman–Crippen LogP) is 4.05. The number of carbonyl (C=O) groups excluding carboxylic acids is 1. The van der Waals surface area contributed by atoms with E-state index < -0.39 is 17.6 Å². The Morgan fingerprint density at radius 1 is 1.17 bits per heavy atom. The van der Waals surface area contributed by atoms with Gasteiger partial charge in [0.25, 0.3) is 0 Å². The van der Waals surface area contributed by atoms with Crippen molar-refractivity contribution < 1.29 is 19.4 Å². The van der Waals surface area contributed by atoms with Crippen molar-refractivity contribution in [1.29, 1.82) is 0 Å². The van der Waals surface area contributed by atoms with Crippen LogP contribution in [0.1, 0.15) is 38.8 Å². The van der Waals surface area contributed by atoms with Crippen LogP contribution in [0.25, 0.3) is 5.57 Å². The molecule has 0 unspecified atom stereocenters. The minimum Gasteiger partial charge on any atom is -0.465 e. The lowest BCUT2D eigenvalue weighted by atomic mass is 9.91.